The lowest BCUT2D eigenvalue weighted by molar-refractivity contribution is -0.0656. The molecule has 2 heteroatoms. The first-order valence-corrected chi connectivity index (χ1v) is 5.37. The number of hydrogen-bond donors (Lipinski definition) is 1. The number of nitrogens with two attached hydrogens (primary N) is 1. The SMILES string of the molecule is CCCCC(CCN)OC(C)(C)C. The van der Waals surface area contributed by atoms with Gasteiger partial charge in [0.15, 0.2) is 0 Å². The lowest BCUT2D eigenvalue weighted by atomic mass is 10.1. The van der Waals surface area contributed by atoms with E-state index in [1.807, 2.05) is 0 Å². The molecule has 0 aliphatic rings. The average molecular weight is 187 g/mol. The van der Waals surface area contributed by atoms with E-state index in [1.54, 1.807) is 0 Å². The van der Waals surface area contributed by atoms with Crippen LogP contribution in [0.25, 0.3) is 0 Å². The van der Waals surface area contributed by atoms with Crippen LogP contribution in [0.5, 0.6) is 0 Å². The van der Waals surface area contributed by atoms with Crippen molar-refractivity contribution in [1.29, 1.82) is 0 Å². The molecule has 1 unspecified atom stereocenters. The molecule has 80 valence electrons. The Morgan fingerprint density at radius 1 is 1.23 bits per heavy atom. The van der Waals surface area contributed by atoms with Gasteiger partial charge in [-0.1, -0.05) is 19.8 Å². The lowest BCUT2D eigenvalue weighted by Gasteiger charge is -2.27. The van der Waals surface area contributed by atoms with Gasteiger partial charge in [0.25, 0.3) is 0 Å². The van der Waals surface area contributed by atoms with Gasteiger partial charge in [-0.15, -0.1) is 0 Å². The molecule has 2 N–H and O–H groups in total. The van der Waals surface area contributed by atoms with Gasteiger partial charge < -0.3 is 10.5 Å². The monoisotopic (exact) mass is 187 g/mol. The topological polar surface area (TPSA) is 35.2 Å². The van der Waals surface area contributed by atoms with Crippen LogP contribution >= 0.6 is 0 Å². The first-order valence-electron chi connectivity index (χ1n) is 5.37. The molecule has 0 aromatic heterocycles. The summed E-state index contributed by atoms with van der Waals surface area (Å²) in [6.45, 7) is 9.23. The van der Waals surface area contributed by atoms with Crippen molar-refractivity contribution < 1.29 is 4.74 Å². The lowest BCUT2D eigenvalue weighted by Crippen LogP contribution is -2.29. The third kappa shape index (κ3) is 8.26. The average Bonchev–Trinajstić information content (AvgIpc) is 1.98. The second-order valence-corrected chi connectivity index (χ2v) is 4.57. The van der Waals surface area contributed by atoms with Crippen LogP contribution in [0.1, 0.15) is 53.4 Å². The van der Waals surface area contributed by atoms with Gasteiger partial charge in [0.05, 0.1) is 11.7 Å². The van der Waals surface area contributed by atoms with Crippen LogP contribution in [0, 0.1) is 0 Å². The molecule has 13 heavy (non-hydrogen) atoms. The standard InChI is InChI=1S/C11H25NO/c1-5-6-7-10(8-9-12)13-11(2,3)4/h10H,5-9,12H2,1-4H3. The normalized spacial score (nSPS) is 14.5. The summed E-state index contributed by atoms with van der Waals surface area (Å²) in [6.07, 6.45) is 4.95. The van der Waals surface area contributed by atoms with E-state index in [-0.39, 0.29) is 5.60 Å². The maximum absolute atomic E-state index is 5.90. The molecule has 0 aliphatic carbocycles. The van der Waals surface area contributed by atoms with E-state index in [0.29, 0.717) is 6.10 Å². The molecule has 0 saturated carbocycles. The van der Waals surface area contributed by atoms with Crippen LogP contribution < -0.4 is 5.73 Å². The van der Waals surface area contributed by atoms with Crippen molar-refractivity contribution in [3.05, 3.63) is 0 Å². The van der Waals surface area contributed by atoms with E-state index in [0.717, 1.165) is 19.4 Å². The summed E-state index contributed by atoms with van der Waals surface area (Å²) in [5.41, 5.74) is 5.51. The number of rotatable bonds is 6. The molecule has 0 heterocycles. The summed E-state index contributed by atoms with van der Waals surface area (Å²) < 4.78 is 5.90. The molecule has 0 bridgehead atoms. The molecule has 0 aromatic rings. The van der Waals surface area contributed by atoms with Gasteiger partial charge in [-0.2, -0.15) is 0 Å². The van der Waals surface area contributed by atoms with Gasteiger partial charge in [0.2, 0.25) is 0 Å². The fourth-order valence-corrected chi connectivity index (χ4v) is 1.38. The van der Waals surface area contributed by atoms with Crippen molar-refractivity contribution in [3.63, 3.8) is 0 Å². The molecule has 0 amide bonds. The van der Waals surface area contributed by atoms with Crippen molar-refractivity contribution in [2.45, 2.75) is 65.1 Å². The van der Waals surface area contributed by atoms with Crippen molar-refractivity contribution in [2.75, 3.05) is 6.54 Å². The summed E-state index contributed by atoms with van der Waals surface area (Å²) >= 11 is 0. The fraction of sp³-hybridized carbons (Fsp3) is 1.00. The first kappa shape index (κ1) is 12.9. The molecular weight excluding hydrogens is 162 g/mol. The maximum Gasteiger partial charge on any atom is 0.0602 e. The van der Waals surface area contributed by atoms with Gasteiger partial charge >= 0.3 is 0 Å². The molecule has 0 aromatic carbocycles. The summed E-state index contributed by atoms with van der Waals surface area (Å²) in [7, 11) is 0. The van der Waals surface area contributed by atoms with Crippen molar-refractivity contribution in [2.24, 2.45) is 5.73 Å². The zero-order valence-electron chi connectivity index (χ0n) is 9.60. The zero-order chi connectivity index (χ0) is 10.3. The molecule has 1 atom stereocenters. The Labute approximate surface area is 82.8 Å². The third-order valence-corrected chi connectivity index (χ3v) is 1.89. The van der Waals surface area contributed by atoms with Crippen LogP contribution in [0.3, 0.4) is 0 Å². The Bertz CT molecular complexity index is 118. The highest BCUT2D eigenvalue weighted by molar-refractivity contribution is 4.66. The molecule has 0 saturated heterocycles. The number of unbranched alkanes of at least 4 members (excludes halogenated alkanes) is 1. The molecular formula is C11H25NO. The van der Waals surface area contributed by atoms with Crippen molar-refractivity contribution in [1.82, 2.24) is 0 Å². The van der Waals surface area contributed by atoms with Crippen LogP contribution in [-0.2, 0) is 4.74 Å². The van der Waals surface area contributed by atoms with Crippen molar-refractivity contribution >= 4 is 0 Å². The number of hydrogen-bond acceptors (Lipinski definition) is 2. The van der Waals surface area contributed by atoms with Crippen LogP contribution in [-0.4, -0.2) is 18.2 Å². The van der Waals surface area contributed by atoms with E-state index in [4.69, 9.17) is 10.5 Å². The van der Waals surface area contributed by atoms with Crippen molar-refractivity contribution in [3.8, 4) is 0 Å². The maximum atomic E-state index is 5.90. The Hall–Kier alpha value is -0.0800. The molecule has 0 aliphatic heterocycles. The Morgan fingerprint density at radius 2 is 1.85 bits per heavy atom. The first-order chi connectivity index (χ1) is 5.99. The molecule has 0 radical (unpaired) electrons. The fourth-order valence-electron chi connectivity index (χ4n) is 1.38. The summed E-state index contributed by atoms with van der Waals surface area (Å²) in [5, 5.41) is 0. The van der Waals surface area contributed by atoms with Gasteiger partial charge in [0.1, 0.15) is 0 Å². The highest BCUT2D eigenvalue weighted by Crippen LogP contribution is 2.17. The van der Waals surface area contributed by atoms with E-state index in [1.165, 1.54) is 12.8 Å². The quantitative estimate of drug-likeness (QED) is 0.694. The minimum atomic E-state index is -0.0341. The Balaban J connectivity index is 3.79. The predicted molar refractivity (Wildman–Crippen MR) is 57.8 cm³/mol. The van der Waals surface area contributed by atoms with E-state index < -0.39 is 0 Å². The van der Waals surface area contributed by atoms with Crippen LogP contribution in [0.2, 0.25) is 0 Å². The van der Waals surface area contributed by atoms with Gasteiger partial charge in [0, 0.05) is 0 Å². The van der Waals surface area contributed by atoms with Gasteiger partial charge in [-0.25, -0.2) is 0 Å². The second-order valence-electron chi connectivity index (χ2n) is 4.57. The Kier molecular flexibility index (Phi) is 6.35. The van der Waals surface area contributed by atoms with Gasteiger partial charge in [-0.3, -0.25) is 0 Å². The zero-order valence-corrected chi connectivity index (χ0v) is 9.60. The summed E-state index contributed by atoms with van der Waals surface area (Å²) in [6, 6.07) is 0. The third-order valence-electron chi connectivity index (χ3n) is 1.89. The van der Waals surface area contributed by atoms with Crippen LogP contribution in [0.15, 0.2) is 0 Å². The minimum Gasteiger partial charge on any atom is -0.373 e. The molecule has 0 rings (SSSR count). The summed E-state index contributed by atoms with van der Waals surface area (Å²) in [5.74, 6) is 0. The second kappa shape index (κ2) is 6.39. The number of ether oxygens (including phenoxy) is 1. The highest BCUT2D eigenvalue weighted by Gasteiger charge is 2.17. The molecule has 2 nitrogen and oxygen atoms in total. The van der Waals surface area contributed by atoms with E-state index in [9.17, 15) is 0 Å². The largest absolute Gasteiger partial charge is 0.373 e. The highest BCUT2D eigenvalue weighted by atomic mass is 16.5. The Morgan fingerprint density at radius 3 is 2.23 bits per heavy atom. The van der Waals surface area contributed by atoms with E-state index in [2.05, 4.69) is 27.7 Å². The minimum absolute atomic E-state index is 0.0341. The summed E-state index contributed by atoms with van der Waals surface area (Å²) in [4.78, 5) is 0. The molecule has 0 spiro atoms. The van der Waals surface area contributed by atoms with Crippen LogP contribution in [0.4, 0.5) is 0 Å². The molecule has 0 fully saturated rings. The van der Waals surface area contributed by atoms with E-state index >= 15 is 0 Å². The predicted octanol–water partition coefficient (Wildman–Crippen LogP) is 2.71. The van der Waals surface area contributed by atoms with Gasteiger partial charge in [-0.05, 0) is 40.2 Å². The smallest absolute Gasteiger partial charge is 0.0602 e.